The quantitative estimate of drug-likeness (QED) is 0.839. The van der Waals surface area contributed by atoms with Crippen LogP contribution in [0.15, 0.2) is 41.8 Å². The molecule has 0 radical (unpaired) electrons. The minimum absolute atomic E-state index is 0.592. The van der Waals surface area contributed by atoms with Crippen molar-refractivity contribution < 1.29 is 0 Å². The monoisotopic (exact) mass is 259 g/mol. The number of hydrogen-bond donors (Lipinski definition) is 1. The first-order valence-corrected chi connectivity index (χ1v) is 7.44. The van der Waals surface area contributed by atoms with Crippen molar-refractivity contribution in [1.82, 2.24) is 0 Å². The Balaban J connectivity index is 1.89. The first-order chi connectivity index (χ1) is 8.78. The van der Waals surface area contributed by atoms with E-state index in [1.54, 1.807) is 0 Å². The molecule has 0 saturated carbocycles. The molecule has 0 aliphatic heterocycles. The molecule has 1 unspecified atom stereocenters. The maximum Gasteiger partial charge on any atom is 0.00453 e. The van der Waals surface area contributed by atoms with Crippen molar-refractivity contribution in [1.29, 1.82) is 0 Å². The molecule has 96 valence electrons. The zero-order valence-electron chi connectivity index (χ0n) is 10.9. The summed E-state index contributed by atoms with van der Waals surface area (Å²) in [7, 11) is 0. The van der Waals surface area contributed by atoms with Crippen molar-refractivity contribution in [2.24, 2.45) is 11.7 Å². The predicted octanol–water partition coefficient (Wildman–Crippen LogP) is 3.81. The lowest BCUT2D eigenvalue weighted by Crippen LogP contribution is -2.17. The van der Waals surface area contributed by atoms with Gasteiger partial charge in [0.25, 0.3) is 0 Å². The molecular formula is C16H21NS. The van der Waals surface area contributed by atoms with Crippen LogP contribution in [0.1, 0.15) is 22.4 Å². The first kappa shape index (κ1) is 13.3. The van der Waals surface area contributed by atoms with Crippen LogP contribution >= 0.6 is 11.3 Å². The maximum absolute atomic E-state index is 5.90. The van der Waals surface area contributed by atoms with E-state index >= 15 is 0 Å². The number of thiophene rings is 1. The lowest BCUT2D eigenvalue weighted by Gasteiger charge is -2.14. The van der Waals surface area contributed by atoms with Crippen LogP contribution in [0, 0.1) is 12.8 Å². The number of benzene rings is 1. The van der Waals surface area contributed by atoms with E-state index in [4.69, 9.17) is 5.73 Å². The molecule has 0 spiro atoms. The summed E-state index contributed by atoms with van der Waals surface area (Å²) in [6, 6.07) is 13.1. The highest BCUT2D eigenvalue weighted by molar-refractivity contribution is 7.09. The van der Waals surface area contributed by atoms with Gasteiger partial charge in [-0.15, -0.1) is 11.3 Å². The third kappa shape index (κ3) is 3.97. The zero-order chi connectivity index (χ0) is 12.8. The van der Waals surface area contributed by atoms with Crippen molar-refractivity contribution in [3.63, 3.8) is 0 Å². The molecule has 1 atom stereocenters. The maximum atomic E-state index is 5.90. The van der Waals surface area contributed by atoms with Gasteiger partial charge in [-0.1, -0.05) is 35.9 Å². The second-order valence-electron chi connectivity index (χ2n) is 4.91. The van der Waals surface area contributed by atoms with E-state index < -0.39 is 0 Å². The number of hydrogen-bond acceptors (Lipinski definition) is 2. The standard InChI is InChI=1S/C16H21NS/c1-13-4-2-5-14(10-13)11-15(12-17)7-8-16-6-3-9-18-16/h2-6,9-10,15H,7-8,11-12,17H2,1H3. The highest BCUT2D eigenvalue weighted by atomic mass is 32.1. The van der Waals surface area contributed by atoms with Gasteiger partial charge in [0, 0.05) is 4.88 Å². The van der Waals surface area contributed by atoms with Crippen LogP contribution < -0.4 is 5.73 Å². The molecule has 1 nitrogen and oxygen atoms in total. The molecule has 18 heavy (non-hydrogen) atoms. The summed E-state index contributed by atoms with van der Waals surface area (Å²) in [5.41, 5.74) is 8.65. The number of aryl methyl sites for hydroxylation is 2. The Kier molecular flexibility index (Phi) is 4.97. The fraction of sp³-hybridized carbons (Fsp3) is 0.375. The van der Waals surface area contributed by atoms with Crippen molar-refractivity contribution in [3.8, 4) is 0 Å². The van der Waals surface area contributed by atoms with E-state index in [-0.39, 0.29) is 0 Å². The van der Waals surface area contributed by atoms with Gasteiger partial charge in [-0.3, -0.25) is 0 Å². The molecule has 1 heterocycles. The average Bonchev–Trinajstić information content (AvgIpc) is 2.87. The lowest BCUT2D eigenvalue weighted by molar-refractivity contribution is 0.496. The molecule has 0 amide bonds. The Morgan fingerprint density at radius 1 is 1.22 bits per heavy atom. The molecular weight excluding hydrogens is 238 g/mol. The molecule has 0 saturated heterocycles. The second-order valence-corrected chi connectivity index (χ2v) is 5.95. The van der Waals surface area contributed by atoms with Crippen LogP contribution in [0.5, 0.6) is 0 Å². The second kappa shape index (κ2) is 6.72. The van der Waals surface area contributed by atoms with Crippen LogP contribution in [0.4, 0.5) is 0 Å². The van der Waals surface area contributed by atoms with Gasteiger partial charge >= 0.3 is 0 Å². The van der Waals surface area contributed by atoms with E-state index in [0.29, 0.717) is 5.92 Å². The van der Waals surface area contributed by atoms with Crippen LogP contribution in [-0.4, -0.2) is 6.54 Å². The Labute approximate surface area is 114 Å². The van der Waals surface area contributed by atoms with Gasteiger partial charge in [-0.25, -0.2) is 0 Å². The minimum Gasteiger partial charge on any atom is -0.330 e. The SMILES string of the molecule is Cc1cccc(CC(CN)CCc2cccs2)c1. The molecule has 0 aliphatic rings. The van der Waals surface area contributed by atoms with Gasteiger partial charge in [0.1, 0.15) is 0 Å². The summed E-state index contributed by atoms with van der Waals surface area (Å²) >= 11 is 1.84. The van der Waals surface area contributed by atoms with Crippen molar-refractivity contribution in [2.45, 2.75) is 26.2 Å². The Morgan fingerprint density at radius 2 is 2.11 bits per heavy atom. The van der Waals surface area contributed by atoms with Crippen molar-refractivity contribution in [3.05, 3.63) is 57.8 Å². The highest BCUT2D eigenvalue weighted by Crippen LogP contribution is 2.18. The third-order valence-corrected chi connectivity index (χ3v) is 4.26. The Hall–Kier alpha value is -1.12. The van der Waals surface area contributed by atoms with Gasteiger partial charge in [-0.05, 0) is 55.7 Å². The van der Waals surface area contributed by atoms with Gasteiger partial charge in [0.2, 0.25) is 0 Å². The summed E-state index contributed by atoms with van der Waals surface area (Å²) in [4.78, 5) is 1.47. The number of nitrogens with two attached hydrogens (primary N) is 1. The van der Waals surface area contributed by atoms with Gasteiger partial charge in [0.05, 0.1) is 0 Å². The summed E-state index contributed by atoms with van der Waals surface area (Å²) in [6.45, 7) is 2.92. The molecule has 2 N–H and O–H groups in total. The van der Waals surface area contributed by atoms with E-state index in [1.165, 1.54) is 22.4 Å². The number of rotatable bonds is 6. The molecule has 2 rings (SSSR count). The van der Waals surface area contributed by atoms with Crippen molar-refractivity contribution >= 4 is 11.3 Å². The molecule has 1 aromatic heterocycles. The lowest BCUT2D eigenvalue weighted by atomic mass is 9.94. The molecule has 2 heteroatoms. The molecule has 0 bridgehead atoms. The summed E-state index contributed by atoms with van der Waals surface area (Å²) in [5, 5.41) is 2.15. The predicted molar refractivity (Wildman–Crippen MR) is 80.1 cm³/mol. The van der Waals surface area contributed by atoms with Crippen LogP contribution in [0.25, 0.3) is 0 Å². The van der Waals surface area contributed by atoms with Crippen LogP contribution in [0.3, 0.4) is 0 Å². The van der Waals surface area contributed by atoms with Crippen molar-refractivity contribution in [2.75, 3.05) is 6.54 Å². The fourth-order valence-corrected chi connectivity index (χ4v) is 3.00. The Bertz CT molecular complexity index is 462. The van der Waals surface area contributed by atoms with Gasteiger partial charge in [0.15, 0.2) is 0 Å². The summed E-state index contributed by atoms with van der Waals surface area (Å²) in [6.07, 6.45) is 3.44. The van der Waals surface area contributed by atoms with E-state index in [9.17, 15) is 0 Å². The third-order valence-electron chi connectivity index (χ3n) is 3.32. The Morgan fingerprint density at radius 3 is 2.78 bits per heavy atom. The van der Waals surface area contributed by atoms with Gasteiger partial charge < -0.3 is 5.73 Å². The zero-order valence-corrected chi connectivity index (χ0v) is 11.7. The first-order valence-electron chi connectivity index (χ1n) is 6.56. The average molecular weight is 259 g/mol. The van der Waals surface area contributed by atoms with Crippen LogP contribution in [0.2, 0.25) is 0 Å². The minimum atomic E-state index is 0.592. The summed E-state index contributed by atoms with van der Waals surface area (Å²) in [5.74, 6) is 0.592. The topological polar surface area (TPSA) is 26.0 Å². The van der Waals surface area contributed by atoms with E-state index in [0.717, 1.165) is 19.4 Å². The smallest absolute Gasteiger partial charge is 0.00453 e. The normalized spacial score (nSPS) is 12.6. The largest absolute Gasteiger partial charge is 0.330 e. The summed E-state index contributed by atoms with van der Waals surface area (Å²) < 4.78 is 0. The highest BCUT2D eigenvalue weighted by Gasteiger charge is 2.08. The van der Waals surface area contributed by atoms with Crippen LogP contribution in [-0.2, 0) is 12.8 Å². The molecule has 0 fully saturated rings. The fourth-order valence-electron chi connectivity index (χ4n) is 2.28. The molecule has 1 aromatic carbocycles. The van der Waals surface area contributed by atoms with Gasteiger partial charge in [-0.2, -0.15) is 0 Å². The van der Waals surface area contributed by atoms with E-state index in [1.807, 2.05) is 11.3 Å². The molecule has 0 aliphatic carbocycles. The van der Waals surface area contributed by atoms with E-state index in [2.05, 4.69) is 48.7 Å². The molecule has 2 aromatic rings.